The molecule has 2 heterocycles. The zero-order valence-electron chi connectivity index (χ0n) is 17.1. The van der Waals surface area contributed by atoms with Gasteiger partial charge in [-0.15, -0.1) is 0 Å². The van der Waals surface area contributed by atoms with Crippen molar-refractivity contribution in [3.63, 3.8) is 0 Å². The van der Waals surface area contributed by atoms with E-state index in [-0.39, 0.29) is 18.9 Å². The van der Waals surface area contributed by atoms with E-state index in [0.717, 1.165) is 11.6 Å². The first kappa shape index (κ1) is 21.7. The Morgan fingerprint density at radius 2 is 1.69 bits per heavy atom. The van der Waals surface area contributed by atoms with Crippen LogP contribution in [-0.2, 0) is 23.8 Å². The Balaban J connectivity index is 1.55. The van der Waals surface area contributed by atoms with Crippen LogP contribution in [0.5, 0.6) is 11.5 Å². The van der Waals surface area contributed by atoms with Crippen LogP contribution >= 0.6 is 0 Å². The molecule has 2 aromatic carbocycles. The maximum Gasteiger partial charge on any atom is 0.433 e. The lowest BCUT2D eigenvalue weighted by Crippen LogP contribution is -2.34. The SMILES string of the molecule is O=C(Cc1ccccc1)N(CCc1ccc(C(F)(F)F)nc1)c1ccc2c(c1)OCCO2. The van der Waals surface area contributed by atoms with Gasteiger partial charge < -0.3 is 14.4 Å². The molecule has 5 nitrogen and oxygen atoms in total. The standard InChI is InChI=1S/C24H21F3N2O3/c25-24(26,27)22-9-6-18(16-28-22)10-11-29(23(30)14-17-4-2-1-3-5-17)19-7-8-20-21(15-19)32-13-12-31-20/h1-9,15-16H,10-14H2. The van der Waals surface area contributed by atoms with Gasteiger partial charge in [0.25, 0.3) is 0 Å². The summed E-state index contributed by atoms with van der Waals surface area (Å²) >= 11 is 0. The molecule has 0 saturated carbocycles. The van der Waals surface area contributed by atoms with Crippen LogP contribution in [0.15, 0.2) is 66.9 Å². The summed E-state index contributed by atoms with van der Waals surface area (Å²) in [6.07, 6.45) is -2.74. The Hall–Kier alpha value is -3.55. The largest absolute Gasteiger partial charge is 0.486 e. The molecule has 3 aromatic rings. The fourth-order valence-corrected chi connectivity index (χ4v) is 3.44. The molecule has 1 aliphatic heterocycles. The lowest BCUT2D eigenvalue weighted by Gasteiger charge is -2.26. The van der Waals surface area contributed by atoms with Gasteiger partial charge in [0.05, 0.1) is 6.42 Å². The highest BCUT2D eigenvalue weighted by atomic mass is 19.4. The number of anilines is 1. The van der Waals surface area contributed by atoms with Gasteiger partial charge in [-0.2, -0.15) is 13.2 Å². The molecule has 1 aromatic heterocycles. The summed E-state index contributed by atoms with van der Waals surface area (Å²) in [7, 11) is 0. The molecule has 0 N–H and O–H groups in total. The number of pyridine rings is 1. The average Bonchev–Trinajstić information content (AvgIpc) is 2.79. The third-order valence-corrected chi connectivity index (χ3v) is 5.08. The van der Waals surface area contributed by atoms with Crippen molar-refractivity contribution >= 4 is 11.6 Å². The molecule has 0 atom stereocenters. The number of hydrogen-bond donors (Lipinski definition) is 0. The van der Waals surface area contributed by atoms with E-state index in [1.165, 1.54) is 12.3 Å². The highest BCUT2D eigenvalue weighted by Crippen LogP contribution is 2.34. The second-order valence-corrected chi connectivity index (χ2v) is 7.34. The first-order valence-corrected chi connectivity index (χ1v) is 10.2. The fraction of sp³-hybridized carbons (Fsp3) is 0.250. The minimum absolute atomic E-state index is 0.132. The molecule has 1 aliphatic rings. The van der Waals surface area contributed by atoms with E-state index in [4.69, 9.17) is 9.47 Å². The van der Waals surface area contributed by atoms with Crippen molar-refractivity contribution in [3.8, 4) is 11.5 Å². The highest BCUT2D eigenvalue weighted by molar-refractivity contribution is 5.95. The third-order valence-electron chi connectivity index (χ3n) is 5.08. The maximum absolute atomic E-state index is 13.2. The molecular formula is C24H21F3N2O3. The summed E-state index contributed by atoms with van der Waals surface area (Å²) in [5, 5.41) is 0. The molecular weight excluding hydrogens is 421 g/mol. The second-order valence-electron chi connectivity index (χ2n) is 7.34. The Labute approximate surface area is 183 Å². The maximum atomic E-state index is 13.2. The number of halogens is 3. The van der Waals surface area contributed by atoms with Gasteiger partial charge in [-0.3, -0.25) is 9.78 Å². The Bertz CT molecular complexity index is 1070. The number of carbonyl (C=O) groups excluding carboxylic acids is 1. The van der Waals surface area contributed by atoms with Crippen molar-refractivity contribution < 1.29 is 27.4 Å². The van der Waals surface area contributed by atoms with Crippen LogP contribution in [0.1, 0.15) is 16.8 Å². The Kier molecular flexibility index (Phi) is 6.30. The third kappa shape index (κ3) is 5.19. The van der Waals surface area contributed by atoms with Crippen molar-refractivity contribution in [1.82, 2.24) is 4.98 Å². The number of alkyl halides is 3. The van der Waals surface area contributed by atoms with Crippen LogP contribution in [0.2, 0.25) is 0 Å². The molecule has 0 radical (unpaired) electrons. The van der Waals surface area contributed by atoms with Gasteiger partial charge in [-0.1, -0.05) is 36.4 Å². The summed E-state index contributed by atoms with van der Waals surface area (Å²) in [5.74, 6) is 1.04. The van der Waals surface area contributed by atoms with E-state index in [1.807, 2.05) is 30.3 Å². The molecule has 0 spiro atoms. The summed E-state index contributed by atoms with van der Waals surface area (Å²) in [4.78, 5) is 18.3. The van der Waals surface area contributed by atoms with E-state index in [1.54, 1.807) is 23.1 Å². The van der Waals surface area contributed by atoms with E-state index in [2.05, 4.69) is 4.98 Å². The summed E-state index contributed by atoms with van der Waals surface area (Å²) in [6, 6.07) is 17.0. The number of hydrogen-bond acceptors (Lipinski definition) is 4. The number of fused-ring (bicyclic) bond motifs is 1. The van der Waals surface area contributed by atoms with Crippen molar-refractivity contribution in [2.45, 2.75) is 19.0 Å². The van der Waals surface area contributed by atoms with Gasteiger partial charge in [0, 0.05) is 24.5 Å². The van der Waals surface area contributed by atoms with Gasteiger partial charge in [0.1, 0.15) is 18.9 Å². The van der Waals surface area contributed by atoms with Gasteiger partial charge in [0.2, 0.25) is 5.91 Å². The van der Waals surface area contributed by atoms with Crippen molar-refractivity contribution in [2.24, 2.45) is 0 Å². The molecule has 4 rings (SSSR count). The molecule has 1 amide bonds. The minimum atomic E-state index is -4.48. The number of benzene rings is 2. The highest BCUT2D eigenvalue weighted by Gasteiger charge is 2.32. The van der Waals surface area contributed by atoms with Crippen LogP contribution in [0.25, 0.3) is 0 Å². The molecule has 32 heavy (non-hydrogen) atoms. The number of rotatable bonds is 6. The Morgan fingerprint density at radius 3 is 2.38 bits per heavy atom. The van der Waals surface area contributed by atoms with Gasteiger partial charge >= 0.3 is 6.18 Å². The topological polar surface area (TPSA) is 51.7 Å². The van der Waals surface area contributed by atoms with E-state index in [9.17, 15) is 18.0 Å². The van der Waals surface area contributed by atoms with Crippen LogP contribution in [-0.4, -0.2) is 30.6 Å². The number of amides is 1. The first-order chi connectivity index (χ1) is 15.4. The number of ether oxygens (including phenoxy) is 2. The minimum Gasteiger partial charge on any atom is -0.486 e. The van der Waals surface area contributed by atoms with Gasteiger partial charge in [0.15, 0.2) is 11.5 Å². The molecule has 166 valence electrons. The first-order valence-electron chi connectivity index (χ1n) is 10.2. The second kappa shape index (κ2) is 9.30. The average molecular weight is 442 g/mol. The van der Waals surface area contributed by atoms with E-state index >= 15 is 0 Å². The number of nitrogens with zero attached hydrogens (tertiary/aromatic N) is 2. The predicted molar refractivity (Wildman–Crippen MR) is 113 cm³/mol. The molecule has 0 fully saturated rings. The smallest absolute Gasteiger partial charge is 0.433 e. The van der Waals surface area contributed by atoms with Gasteiger partial charge in [-0.05, 0) is 35.7 Å². The number of aromatic nitrogens is 1. The van der Waals surface area contributed by atoms with Crippen LogP contribution in [0.4, 0.5) is 18.9 Å². The molecule has 0 unspecified atom stereocenters. The van der Waals surface area contributed by atoms with Crippen LogP contribution < -0.4 is 14.4 Å². The zero-order chi connectivity index (χ0) is 22.6. The van der Waals surface area contributed by atoms with E-state index in [0.29, 0.717) is 42.4 Å². The quantitative estimate of drug-likeness (QED) is 0.556. The van der Waals surface area contributed by atoms with Crippen LogP contribution in [0.3, 0.4) is 0 Å². The molecule has 0 bridgehead atoms. The summed E-state index contributed by atoms with van der Waals surface area (Å²) in [5.41, 5.74) is 1.17. The monoisotopic (exact) mass is 442 g/mol. The number of carbonyl (C=O) groups is 1. The molecule has 0 aliphatic carbocycles. The normalized spacial score (nSPS) is 13.0. The van der Waals surface area contributed by atoms with Crippen LogP contribution in [0, 0.1) is 0 Å². The lowest BCUT2D eigenvalue weighted by molar-refractivity contribution is -0.141. The summed E-state index contributed by atoms with van der Waals surface area (Å²) < 4.78 is 49.5. The predicted octanol–water partition coefficient (Wildman–Crippen LogP) is 4.69. The lowest BCUT2D eigenvalue weighted by atomic mass is 10.1. The van der Waals surface area contributed by atoms with Crippen molar-refractivity contribution in [3.05, 3.63) is 83.7 Å². The van der Waals surface area contributed by atoms with Crippen molar-refractivity contribution in [1.29, 1.82) is 0 Å². The van der Waals surface area contributed by atoms with Crippen molar-refractivity contribution in [2.75, 3.05) is 24.7 Å². The summed E-state index contributed by atoms with van der Waals surface area (Å²) in [6.45, 7) is 1.16. The molecule has 0 saturated heterocycles. The Morgan fingerprint density at radius 1 is 0.938 bits per heavy atom. The fourth-order valence-electron chi connectivity index (χ4n) is 3.44. The molecule has 8 heteroatoms. The van der Waals surface area contributed by atoms with E-state index < -0.39 is 11.9 Å². The zero-order valence-corrected chi connectivity index (χ0v) is 17.1. The van der Waals surface area contributed by atoms with Gasteiger partial charge in [-0.25, -0.2) is 0 Å².